The molecule has 1 heterocycles. The highest BCUT2D eigenvalue weighted by Crippen LogP contribution is 2.43. The summed E-state index contributed by atoms with van der Waals surface area (Å²) in [5, 5.41) is 0. The van der Waals surface area contributed by atoms with E-state index in [1.807, 2.05) is 0 Å². The minimum Gasteiger partial charge on any atom is -0.385 e. The fourth-order valence-corrected chi connectivity index (χ4v) is 3.85. The van der Waals surface area contributed by atoms with Crippen molar-refractivity contribution in [3.8, 4) is 0 Å². The van der Waals surface area contributed by atoms with E-state index in [-0.39, 0.29) is 11.3 Å². The number of ether oxygens (including phenoxy) is 1. The van der Waals surface area contributed by atoms with E-state index in [2.05, 4.69) is 0 Å². The van der Waals surface area contributed by atoms with Crippen molar-refractivity contribution in [2.24, 2.45) is 11.7 Å². The van der Waals surface area contributed by atoms with Crippen molar-refractivity contribution in [1.29, 1.82) is 0 Å². The van der Waals surface area contributed by atoms with Crippen LogP contribution in [0.25, 0.3) is 0 Å². The smallest absolute Gasteiger partial charge is 0.214 e. The highest BCUT2D eigenvalue weighted by molar-refractivity contribution is 7.89. The predicted molar refractivity (Wildman–Crippen MR) is 61.5 cm³/mol. The van der Waals surface area contributed by atoms with Crippen LogP contribution in [0.4, 0.5) is 0 Å². The molecule has 6 heteroatoms. The maximum atomic E-state index is 11.8. The summed E-state index contributed by atoms with van der Waals surface area (Å²) in [4.78, 5) is 0. The van der Waals surface area contributed by atoms with Gasteiger partial charge in [0.15, 0.2) is 0 Å². The highest BCUT2D eigenvalue weighted by Gasteiger charge is 2.53. The topological polar surface area (TPSA) is 72.6 Å². The van der Waals surface area contributed by atoms with Crippen molar-refractivity contribution in [2.75, 3.05) is 32.6 Å². The van der Waals surface area contributed by atoms with Crippen molar-refractivity contribution in [3.63, 3.8) is 0 Å². The minimum atomic E-state index is -3.10. The summed E-state index contributed by atoms with van der Waals surface area (Å²) in [5.74, 6) is 0.722. The average Bonchev–Trinajstić information content (AvgIpc) is 2.96. The van der Waals surface area contributed by atoms with Crippen LogP contribution in [0.2, 0.25) is 0 Å². The molecule has 1 aliphatic heterocycles. The first-order valence-electron chi connectivity index (χ1n) is 5.73. The van der Waals surface area contributed by atoms with Crippen molar-refractivity contribution < 1.29 is 13.2 Å². The molecule has 0 aromatic rings. The Morgan fingerprint density at radius 3 is 2.56 bits per heavy atom. The molecule has 0 atom stereocenters. The van der Waals surface area contributed by atoms with Gasteiger partial charge in [0.2, 0.25) is 10.0 Å². The van der Waals surface area contributed by atoms with E-state index in [4.69, 9.17) is 10.5 Å². The van der Waals surface area contributed by atoms with Gasteiger partial charge in [0.1, 0.15) is 0 Å². The minimum absolute atomic E-state index is 0.168. The van der Waals surface area contributed by atoms with Crippen LogP contribution >= 0.6 is 0 Å². The first-order chi connectivity index (χ1) is 7.48. The molecule has 0 aromatic carbocycles. The molecule has 0 amide bonds. The van der Waals surface area contributed by atoms with E-state index in [0.29, 0.717) is 32.0 Å². The number of rotatable bonds is 6. The molecule has 2 fully saturated rings. The van der Waals surface area contributed by atoms with Crippen molar-refractivity contribution in [2.45, 2.75) is 24.8 Å². The Morgan fingerprint density at radius 1 is 1.44 bits per heavy atom. The lowest BCUT2D eigenvalue weighted by Gasteiger charge is -2.47. The van der Waals surface area contributed by atoms with Crippen molar-refractivity contribution in [1.82, 2.24) is 4.31 Å². The lowest BCUT2D eigenvalue weighted by atomic mass is 9.88. The van der Waals surface area contributed by atoms with Gasteiger partial charge in [-0.3, -0.25) is 0 Å². The van der Waals surface area contributed by atoms with Gasteiger partial charge in [0.25, 0.3) is 0 Å². The van der Waals surface area contributed by atoms with E-state index in [1.54, 1.807) is 7.11 Å². The third-order valence-electron chi connectivity index (χ3n) is 3.48. The van der Waals surface area contributed by atoms with Crippen LogP contribution < -0.4 is 5.73 Å². The summed E-state index contributed by atoms with van der Waals surface area (Å²) < 4.78 is 30.0. The van der Waals surface area contributed by atoms with E-state index in [9.17, 15) is 8.42 Å². The second-order valence-electron chi connectivity index (χ2n) is 4.94. The molecule has 16 heavy (non-hydrogen) atoms. The molecular weight excluding hydrogens is 228 g/mol. The Hall–Kier alpha value is -0.170. The monoisotopic (exact) mass is 248 g/mol. The molecule has 1 aliphatic carbocycles. The number of nitrogens with two attached hydrogens (primary N) is 1. The highest BCUT2D eigenvalue weighted by atomic mass is 32.2. The van der Waals surface area contributed by atoms with E-state index < -0.39 is 10.0 Å². The molecule has 0 aromatic heterocycles. The van der Waals surface area contributed by atoms with Gasteiger partial charge in [-0.05, 0) is 25.2 Å². The molecular formula is C10H20N2O3S. The van der Waals surface area contributed by atoms with Gasteiger partial charge in [-0.15, -0.1) is 0 Å². The maximum Gasteiger partial charge on any atom is 0.214 e. The van der Waals surface area contributed by atoms with E-state index in [0.717, 1.165) is 12.8 Å². The molecule has 0 spiro atoms. The first kappa shape index (κ1) is 12.3. The lowest BCUT2D eigenvalue weighted by molar-refractivity contribution is 0.134. The number of hydrogen-bond acceptors (Lipinski definition) is 4. The van der Waals surface area contributed by atoms with Crippen LogP contribution in [0.1, 0.15) is 19.3 Å². The number of methoxy groups -OCH3 is 1. The number of sulfonamides is 1. The molecule has 2 N–H and O–H groups in total. The zero-order valence-electron chi connectivity index (χ0n) is 9.68. The Labute approximate surface area is 97.0 Å². The predicted octanol–water partition coefficient (Wildman–Crippen LogP) is -0.224. The Balaban J connectivity index is 1.81. The van der Waals surface area contributed by atoms with Gasteiger partial charge in [0, 0.05) is 32.3 Å². The molecule has 94 valence electrons. The second-order valence-corrected chi connectivity index (χ2v) is 7.03. The average molecular weight is 248 g/mol. The molecule has 0 bridgehead atoms. The standard InChI is InChI=1S/C10H20N2O3S/c1-15-5-2-6-16(13,14)12-7-10(11,8-12)9-3-4-9/h9H,2-8,11H2,1H3. The van der Waals surface area contributed by atoms with E-state index >= 15 is 0 Å². The van der Waals surface area contributed by atoms with Gasteiger partial charge < -0.3 is 10.5 Å². The number of nitrogens with zero attached hydrogens (tertiary/aromatic N) is 1. The van der Waals surface area contributed by atoms with Crippen LogP contribution in [0, 0.1) is 5.92 Å². The summed E-state index contributed by atoms with van der Waals surface area (Å²) >= 11 is 0. The van der Waals surface area contributed by atoms with Crippen LogP contribution in [-0.4, -0.2) is 50.8 Å². The zero-order chi connectivity index (χ0) is 11.8. The molecule has 2 aliphatic rings. The summed E-state index contributed by atoms with van der Waals surface area (Å²) in [6.07, 6.45) is 2.87. The Bertz CT molecular complexity index is 345. The quantitative estimate of drug-likeness (QED) is 0.659. The van der Waals surface area contributed by atoms with Crippen molar-refractivity contribution >= 4 is 10.0 Å². The first-order valence-corrected chi connectivity index (χ1v) is 7.34. The molecule has 0 radical (unpaired) electrons. The summed E-state index contributed by atoms with van der Waals surface area (Å²) in [6.45, 7) is 1.50. The van der Waals surface area contributed by atoms with Crippen LogP contribution in [0.5, 0.6) is 0 Å². The van der Waals surface area contributed by atoms with Gasteiger partial charge >= 0.3 is 0 Å². The molecule has 5 nitrogen and oxygen atoms in total. The molecule has 1 saturated carbocycles. The largest absolute Gasteiger partial charge is 0.385 e. The normalized spacial score (nSPS) is 25.4. The molecule has 0 unspecified atom stereocenters. The maximum absolute atomic E-state index is 11.8. The Kier molecular flexibility index (Phi) is 3.27. The summed E-state index contributed by atoms with van der Waals surface area (Å²) in [5.41, 5.74) is 5.89. The SMILES string of the molecule is COCCCS(=O)(=O)N1CC(N)(C2CC2)C1. The van der Waals surface area contributed by atoms with Gasteiger partial charge in [-0.1, -0.05) is 0 Å². The van der Waals surface area contributed by atoms with Crippen LogP contribution in [-0.2, 0) is 14.8 Å². The van der Waals surface area contributed by atoms with Gasteiger partial charge in [-0.2, -0.15) is 4.31 Å². The zero-order valence-corrected chi connectivity index (χ0v) is 10.5. The van der Waals surface area contributed by atoms with Gasteiger partial charge in [-0.25, -0.2) is 8.42 Å². The molecule has 2 rings (SSSR count). The van der Waals surface area contributed by atoms with E-state index in [1.165, 1.54) is 4.31 Å². The second kappa shape index (κ2) is 4.25. The van der Waals surface area contributed by atoms with Crippen LogP contribution in [0.3, 0.4) is 0 Å². The fraction of sp³-hybridized carbons (Fsp3) is 1.00. The molecule has 1 saturated heterocycles. The fourth-order valence-electron chi connectivity index (χ4n) is 2.24. The van der Waals surface area contributed by atoms with Crippen LogP contribution in [0.15, 0.2) is 0 Å². The number of hydrogen-bond donors (Lipinski definition) is 1. The summed E-state index contributed by atoms with van der Waals surface area (Å²) in [6, 6.07) is 0. The third-order valence-corrected chi connectivity index (χ3v) is 5.33. The van der Waals surface area contributed by atoms with Gasteiger partial charge in [0.05, 0.1) is 5.75 Å². The van der Waals surface area contributed by atoms with Crippen molar-refractivity contribution in [3.05, 3.63) is 0 Å². The Morgan fingerprint density at radius 2 is 2.06 bits per heavy atom. The summed E-state index contributed by atoms with van der Waals surface area (Å²) in [7, 11) is -1.52. The third kappa shape index (κ3) is 2.40. The lowest BCUT2D eigenvalue weighted by Crippen LogP contribution is -2.70.